The van der Waals surface area contributed by atoms with Gasteiger partial charge in [-0.05, 0) is 69.9 Å². The maximum Gasteiger partial charge on any atom is 0.232 e. The van der Waals surface area contributed by atoms with Crippen LogP contribution in [-0.2, 0) is 0 Å². The summed E-state index contributed by atoms with van der Waals surface area (Å²) in [6.07, 6.45) is 9.23. The van der Waals surface area contributed by atoms with Crippen molar-refractivity contribution in [3.05, 3.63) is 36.7 Å². The van der Waals surface area contributed by atoms with E-state index in [1.807, 2.05) is 30.5 Å². The monoisotopic (exact) mass is 461 g/mol. The Hall–Kier alpha value is -3.17. The Balaban J connectivity index is 1.24. The lowest BCUT2D eigenvalue weighted by Crippen LogP contribution is -2.43. The molecule has 5 heterocycles. The van der Waals surface area contributed by atoms with E-state index in [0.29, 0.717) is 11.6 Å². The van der Waals surface area contributed by atoms with Crippen LogP contribution in [0.2, 0.25) is 0 Å². The van der Waals surface area contributed by atoms with E-state index in [4.69, 9.17) is 14.9 Å². The molecule has 6 rings (SSSR count). The first-order chi connectivity index (χ1) is 16.6. The predicted molar refractivity (Wildman–Crippen MR) is 131 cm³/mol. The molecule has 1 saturated carbocycles. The minimum Gasteiger partial charge on any atom is -0.473 e. The molecule has 0 bridgehead atoms. The summed E-state index contributed by atoms with van der Waals surface area (Å²) < 4.78 is 14.0. The van der Waals surface area contributed by atoms with Crippen molar-refractivity contribution in [3.8, 4) is 17.3 Å². The molecule has 4 aromatic heterocycles. The molecular weight excluding hydrogens is 430 g/mol. The minimum atomic E-state index is 0.132. The molecule has 0 aromatic carbocycles. The maximum absolute atomic E-state index is 6.23. The van der Waals surface area contributed by atoms with Crippen LogP contribution in [0.1, 0.15) is 32.1 Å². The number of rotatable bonds is 8. The van der Waals surface area contributed by atoms with Gasteiger partial charge in [0, 0.05) is 31.9 Å². The molecule has 178 valence electrons. The first-order valence-corrected chi connectivity index (χ1v) is 12.2. The second-order valence-corrected chi connectivity index (χ2v) is 9.54. The fourth-order valence-electron chi connectivity index (χ4n) is 4.98. The van der Waals surface area contributed by atoms with E-state index in [-0.39, 0.29) is 12.1 Å². The summed E-state index contributed by atoms with van der Waals surface area (Å²) in [6, 6.07) is 7.94. The van der Waals surface area contributed by atoms with E-state index < -0.39 is 0 Å². The summed E-state index contributed by atoms with van der Waals surface area (Å²) in [6.45, 7) is 4.56. The van der Waals surface area contributed by atoms with E-state index in [1.54, 1.807) is 10.7 Å². The van der Waals surface area contributed by atoms with Gasteiger partial charge in [0.1, 0.15) is 23.2 Å². The Morgan fingerprint density at radius 2 is 2.03 bits per heavy atom. The third kappa shape index (κ3) is 4.10. The van der Waals surface area contributed by atoms with E-state index in [1.165, 1.54) is 25.9 Å². The number of pyridine rings is 1. The molecule has 0 spiro atoms. The second kappa shape index (κ2) is 8.88. The molecule has 1 saturated heterocycles. The summed E-state index contributed by atoms with van der Waals surface area (Å²) in [5, 5.41) is 5.66. The number of aromatic nitrogens is 4. The van der Waals surface area contributed by atoms with Crippen LogP contribution in [0.15, 0.2) is 41.1 Å². The molecule has 1 aliphatic carbocycles. The third-order valence-electron chi connectivity index (χ3n) is 6.96. The molecular formula is C25H31N7O2. The molecule has 0 atom stereocenters. The summed E-state index contributed by atoms with van der Waals surface area (Å²) in [5.41, 5.74) is 8.21. The number of anilines is 1. The number of furan rings is 1. The predicted octanol–water partition coefficient (Wildman–Crippen LogP) is 3.33. The van der Waals surface area contributed by atoms with Crippen LogP contribution in [0.4, 0.5) is 5.82 Å². The molecule has 34 heavy (non-hydrogen) atoms. The molecule has 1 aliphatic heterocycles. The minimum absolute atomic E-state index is 0.132. The number of hydrogen-bond acceptors (Lipinski definition) is 8. The zero-order valence-electron chi connectivity index (χ0n) is 19.6. The van der Waals surface area contributed by atoms with Crippen molar-refractivity contribution in [3.63, 3.8) is 0 Å². The van der Waals surface area contributed by atoms with Gasteiger partial charge in [-0.15, -0.1) is 5.10 Å². The lowest BCUT2D eigenvalue weighted by molar-refractivity contribution is 0.0944. The van der Waals surface area contributed by atoms with E-state index in [9.17, 15) is 0 Å². The van der Waals surface area contributed by atoms with Crippen molar-refractivity contribution in [2.45, 2.75) is 44.2 Å². The second-order valence-electron chi connectivity index (χ2n) is 9.54. The molecule has 0 amide bonds. The number of fused-ring (bicyclic) bond motifs is 2. The van der Waals surface area contributed by atoms with Crippen LogP contribution in [0.5, 0.6) is 5.88 Å². The van der Waals surface area contributed by atoms with Gasteiger partial charge < -0.3 is 24.7 Å². The highest BCUT2D eigenvalue weighted by molar-refractivity contribution is 5.91. The summed E-state index contributed by atoms with van der Waals surface area (Å²) in [7, 11) is 2.10. The lowest BCUT2D eigenvalue weighted by Gasteiger charge is -2.31. The number of ether oxygens (including phenoxy) is 1. The first kappa shape index (κ1) is 21.4. The topological polar surface area (TPSA) is 98.0 Å². The summed E-state index contributed by atoms with van der Waals surface area (Å²) in [4.78, 5) is 13.9. The molecule has 2 fully saturated rings. The number of imidazole rings is 1. The normalized spacial score (nSPS) is 20.8. The van der Waals surface area contributed by atoms with Crippen LogP contribution >= 0.6 is 0 Å². The largest absolute Gasteiger partial charge is 0.473 e. The lowest BCUT2D eigenvalue weighted by atomic mass is 9.90. The van der Waals surface area contributed by atoms with Crippen molar-refractivity contribution < 1.29 is 9.15 Å². The number of hydrogen-bond donors (Lipinski definition) is 1. The number of nitrogens with two attached hydrogens (primary N) is 1. The first-order valence-electron chi connectivity index (χ1n) is 12.2. The maximum atomic E-state index is 6.23. The molecule has 4 aromatic rings. The molecule has 0 unspecified atom stereocenters. The van der Waals surface area contributed by atoms with Gasteiger partial charge in [-0.1, -0.05) is 0 Å². The Labute approximate surface area is 198 Å². The molecule has 2 aliphatic rings. The third-order valence-corrected chi connectivity index (χ3v) is 6.96. The highest BCUT2D eigenvalue weighted by Gasteiger charge is 2.28. The molecule has 9 nitrogen and oxygen atoms in total. The standard InChI is InChI=1S/C25H31N7O2/c1-30(9-4-12-31-10-2-3-11-31)25-19-15-22(34-21(19)7-8-27-25)20-16-28-23-5-6-24(29-32(20)23)33-18-13-17(26)14-18/h5-8,15-18H,2-4,9-14,26H2,1H3. The zero-order chi connectivity index (χ0) is 23.1. The zero-order valence-corrected chi connectivity index (χ0v) is 19.6. The van der Waals surface area contributed by atoms with E-state index in [2.05, 4.69) is 31.9 Å². The fourth-order valence-corrected chi connectivity index (χ4v) is 4.98. The van der Waals surface area contributed by atoms with Crippen molar-refractivity contribution in [1.29, 1.82) is 0 Å². The highest BCUT2D eigenvalue weighted by atomic mass is 16.5. The Bertz CT molecular complexity index is 1290. The Morgan fingerprint density at radius 1 is 1.18 bits per heavy atom. The van der Waals surface area contributed by atoms with E-state index >= 15 is 0 Å². The average Bonchev–Trinajstić information content (AvgIpc) is 3.56. The van der Waals surface area contributed by atoms with Gasteiger partial charge in [0.25, 0.3) is 0 Å². The smallest absolute Gasteiger partial charge is 0.232 e. The quantitative estimate of drug-likeness (QED) is 0.427. The Kier molecular flexibility index (Phi) is 5.58. The van der Waals surface area contributed by atoms with E-state index in [0.717, 1.165) is 60.5 Å². The van der Waals surface area contributed by atoms with Gasteiger partial charge in [0.15, 0.2) is 11.4 Å². The summed E-state index contributed by atoms with van der Waals surface area (Å²) >= 11 is 0. The van der Waals surface area contributed by atoms with Crippen molar-refractivity contribution in [2.75, 3.05) is 38.1 Å². The van der Waals surface area contributed by atoms with Crippen molar-refractivity contribution in [1.82, 2.24) is 24.5 Å². The van der Waals surface area contributed by atoms with Gasteiger partial charge in [-0.25, -0.2) is 14.5 Å². The fraction of sp³-hybridized carbons (Fsp3) is 0.480. The summed E-state index contributed by atoms with van der Waals surface area (Å²) in [5.74, 6) is 2.21. The Morgan fingerprint density at radius 3 is 2.85 bits per heavy atom. The van der Waals surface area contributed by atoms with Crippen LogP contribution in [0, 0.1) is 0 Å². The van der Waals surface area contributed by atoms with Crippen LogP contribution < -0.4 is 15.4 Å². The van der Waals surface area contributed by atoms with Crippen LogP contribution in [0.3, 0.4) is 0 Å². The van der Waals surface area contributed by atoms with Gasteiger partial charge in [0.05, 0.1) is 11.6 Å². The highest BCUT2D eigenvalue weighted by Crippen LogP contribution is 2.33. The SMILES string of the molecule is CN(CCCN1CCCC1)c1nccc2oc(-c3cnc4ccc(OC5CC(N)C5)nn34)cc12. The molecule has 9 heteroatoms. The average molecular weight is 462 g/mol. The molecule has 0 radical (unpaired) electrons. The number of nitrogens with zero attached hydrogens (tertiary/aromatic N) is 6. The van der Waals surface area contributed by atoms with Gasteiger partial charge in [-0.3, -0.25) is 0 Å². The van der Waals surface area contributed by atoms with Crippen molar-refractivity contribution >= 4 is 22.4 Å². The number of likely N-dealkylation sites (tertiary alicyclic amines) is 1. The van der Waals surface area contributed by atoms with Crippen LogP contribution in [-0.4, -0.2) is 69.9 Å². The molecule has 2 N–H and O–H groups in total. The van der Waals surface area contributed by atoms with Crippen molar-refractivity contribution in [2.24, 2.45) is 5.73 Å². The van der Waals surface area contributed by atoms with Crippen LogP contribution in [0.25, 0.3) is 28.1 Å². The van der Waals surface area contributed by atoms with Gasteiger partial charge in [-0.2, -0.15) is 0 Å². The van der Waals surface area contributed by atoms with Gasteiger partial charge >= 0.3 is 0 Å². The van der Waals surface area contributed by atoms with Gasteiger partial charge in [0.2, 0.25) is 5.88 Å².